The van der Waals surface area contributed by atoms with Crippen molar-refractivity contribution in [2.75, 3.05) is 11.6 Å². The van der Waals surface area contributed by atoms with Gasteiger partial charge in [-0.1, -0.05) is 12.1 Å². The van der Waals surface area contributed by atoms with E-state index in [4.69, 9.17) is 0 Å². The van der Waals surface area contributed by atoms with Crippen LogP contribution in [-0.4, -0.2) is 21.0 Å². The first-order valence-corrected chi connectivity index (χ1v) is 7.91. The maximum Gasteiger partial charge on any atom is 0.176 e. The van der Waals surface area contributed by atoms with Gasteiger partial charge < -0.3 is 5.32 Å². The second-order valence-electron chi connectivity index (χ2n) is 4.53. The van der Waals surface area contributed by atoms with Crippen LogP contribution in [-0.2, 0) is 6.54 Å². The van der Waals surface area contributed by atoms with Crippen molar-refractivity contribution in [2.24, 2.45) is 0 Å². The first-order chi connectivity index (χ1) is 10.4. The number of benzene rings is 1. The predicted molar refractivity (Wildman–Crippen MR) is 86.9 cm³/mol. The molecule has 0 unspecified atom stereocenters. The Kier molecular flexibility index (Phi) is 4.21. The Labute approximate surface area is 128 Å². The molecule has 0 atom stereocenters. The number of nitrogens with zero attached hydrogens (tertiary/aromatic N) is 3. The molecule has 4 nitrogen and oxygen atoms in total. The lowest BCUT2D eigenvalue weighted by Gasteiger charge is -2.11. The van der Waals surface area contributed by atoms with Gasteiger partial charge >= 0.3 is 0 Å². The highest BCUT2D eigenvalue weighted by molar-refractivity contribution is 7.98. The average Bonchev–Trinajstić information content (AvgIpc) is 3.08. The fourth-order valence-corrected chi connectivity index (χ4v) is 2.46. The molecule has 2 aromatic heterocycles. The van der Waals surface area contributed by atoms with Crippen LogP contribution in [0.15, 0.2) is 66.0 Å². The Bertz CT molecular complexity index is 693. The monoisotopic (exact) mass is 296 g/mol. The summed E-state index contributed by atoms with van der Waals surface area (Å²) < 4.78 is 1.76. The van der Waals surface area contributed by atoms with Crippen LogP contribution in [0.3, 0.4) is 0 Å². The number of hydrogen-bond acceptors (Lipinski definition) is 4. The molecule has 0 spiro atoms. The van der Waals surface area contributed by atoms with E-state index >= 15 is 0 Å². The smallest absolute Gasteiger partial charge is 0.176 e. The van der Waals surface area contributed by atoms with Crippen molar-refractivity contribution in [3.05, 3.63) is 66.6 Å². The minimum absolute atomic E-state index is 0.759. The Hall–Kier alpha value is -2.27. The summed E-state index contributed by atoms with van der Waals surface area (Å²) in [6.45, 7) is 0.759. The molecular formula is C16H16N4S. The fourth-order valence-electron chi connectivity index (χ4n) is 2.05. The second-order valence-corrected chi connectivity index (χ2v) is 5.41. The number of rotatable bonds is 5. The van der Waals surface area contributed by atoms with Crippen molar-refractivity contribution in [1.82, 2.24) is 14.8 Å². The van der Waals surface area contributed by atoms with E-state index in [1.807, 2.05) is 24.4 Å². The average molecular weight is 296 g/mol. The zero-order valence-corrected chi connectivity index (χ0v) is 12.5. The van der Waals surface area contributed by atoms with Gasteiger partial charge in [0.05, 0.1) is 5.69 Å². The highest BCUT2D eigenvalue weighted by atomic mass is 32.2. The van der Waals surface area contributed by atoms with E-state index in [0.717, 1.165) is 18.1 Å². The molecule has 21 heavy (non-hydrogen) atoms. The molecule has 0 fully saturated rings. The summed E-state index contributed by atoms with van der Waals surface area (Å²) >= 11 is 1.75. The second kappa shape index (κ2) is 6.45. The van der Waals surface area contributed by atoms with Crippen LogP contribution in [0.5, 0.6) is 0 Å². The summed E-state index contributed by atoms with van der Waals surface area (Å²) in [7, 11) is 0. The van der Waals surface area contributed by atoms with E-state index < -0.39 is 0 Å². The summed E-state index contributed by atoms with van der Waals surface area (Å²) in [6, 6.07) is 14.4. The molecule has 0 bridgehead atoms. The molecule has 3 aromatic rings. The van der Waals surface area contributed by atoms with Crippen molar-refractivity contribution < 1.29 is 0 Å². The van der Waals surface area contributed by atoms with Crippen molar-refractivity contribution in [3.8, 4) is 5.82 Å². The zero-order valence-electron chi connectivity index (χ0n) is 11.7. The number of hydrogen-bond donors (Lipinski definition) is 1. The van der Waals surface area contributed by atoms with Crippen molar-refractivity contribution >= 4 is 17.4 Å². The van der Waals surface area contributed by atoms with Crippen molar-refractivity contribution in [2.45, 2.75) is 11.4 Å². The Morgan fingerprint density at radius 3 is 2.67 bits per heavy atom. The van der Waals surface area contributed by atoms with Gasteiger partial charge in [-0.15, -0.1) is 11.8 Å². The standard InChI is InChI=1S/C16H16N4S/c1-21-14-7-5-13(6-8-14)12-18-15-4-2-9-17-16(15)20-11-3-10-19-20/h2-11,18H,12H2,1H3. The molecule has 2 heterocycles. The first-order valence-electron chi connectivity index (χ1n) is 6.68. The lowest BCUT2D eigenvalue weighted by atomic mass is 10.2. The molecule has 106 valence electrons. The topological polar surface area (TPSA) is 42.7 Å². The summed E-state index contributed by atoms with van der Waals surface area (Å²) in [6.07, 6.45) is 7.50. The minimum atomic E-state index is 0.759. The molecule has 0 saturated carbocycles. The van der Waals surface area contributed by atoms with Gasteiger partial charge in [0.2, 0.25) is 0 Å². The maximum absolute atomic E-state index is 4.40. The van der Waals surface area contributed by atoms with Gasteiger partial charge in [0, 0.05) is 30.0 Å². The summed E-state index contributed by atoms with van der Waals surface area (Å²) in [5, 5.41) is 7.66. The van der Waals surface area contributed by atoms with E-state index in [2.05, 4.69) is 45.9 Å². The van der Waals surface area contributed by atoms with Gasteiger partial charge in [0.1, 0.15) is 0 Å². The van der Waals surface area contributed by atoms with E-state index in [-0.39, 0.29) is 0 Å². The van der Waals surface area contributed by atoms with E-state index in [1.54, 1.807) is 28.8 Å². The predicted octanol–water partition coefficient (Wildman–Crippen LogP) is 3.60. The van der Waals surface area contributed by atoms with E-state index in [1.165, 1.54) is 10.5 Å². The van der Waals surface area contributed by atoms with E-state index in [9.17, 15) is 0 Å². The zero-order chi connectivity index (χ0) is 14.5. The molecule has 0 saturated heterocycles. The summed E-state index contributed by atoms with van der Waals surface area (Å²) in [4.78, 5) is 5.67. The number of anilines is 1. The highest BCUT2D eigenvalue weighted by Gasteiger charge is 2.05. The quantitative estimate of drug-likeness (QED) is 0.731. The Balaban J connectivity index is 1.76. The third kappa shape index (κ3) is 3.25. The molecular weight excluding hydrogens is 280 g/mol. The van der Waals surface area contributed by atoms with Crippen molar-refractivity contribution in [1.29, 1.82) is 0 Å². The largest absolute Gasteiger partial charge is 0.378 e. The lowest BCUT2D eigenvalue weighted by Crippen LogP contribution is -2.06. The Morgan fingerprint density at radius 1 is 1.10 bits per heavy atom. The van der Waals surface area contributed by atoms with Gasteiger partial charge in [-0.05, 0) is 42.2 Å². The normalized spacial score (nSPS) is 10.5. The van der Waals surface area contributed by atoms with Crippen LogP contribution >= 0.6 is 11.8 Å². The maximum atomic E-state index is 4.40. The molecule has 3 rings (SSSR count). The van der Waals surface area contributed by atoms with Gasteiger partial charge in [0.25, 0.3) is 0 Å². The van der Waals surface area contributed by atoms with E-state index in [0.29, 0.717) is 0 Å². The van der Waals surface area contributed by atoms with Crippen LogP contribution in [0.4, 0.5) is 5.69 Å². The number of nitrogens with one attached hydrogen (secondary N) is 1. The number of aromatic nitrogens is 3. The Morgan fingerprint density at radius 2 is 1.95 bits per heavy atom. The molecule has 1 aromatic carbocycles. The molecule has 0 aliphatic rings. The number of thioether (sulfide) groups is 1. The summed E-state index contributed by atoms with van der Waals surface area (Å²) in [5.41, 5.74) is 2.21. The molecule has 0 aliphatic carbocycles. The van der Waals surface area contributed by atoms with Crippen LogP contribution in [0.1, 0.15) is 5.56 Å². The van der Waals surface area contributed by atoms with Crippen LogP contribution in [0.2, 0.25) is 0 Å². The van der Waals surface area contributed by atoms with Gasteiger partial charge in [-0.2, -0.15) is 5.10 Å². The lowest BCUT2D eigenvalue weighted by molar-refractivity contribution is 0.846. The highest BCUT2D eigenvalue weighted by Crippen LogP contribution is 2.19. The molecule has 1 N–H and O–H groups in total. The van der Waals surface area contributed by atoms with Crippen LogP contribution in [0.25, 0.3) is 5.82 Å². The fraction of sp³-hybridized carbons (Fsp3) is 0.125. The molecule has 0 aliphatic heterocycles. The third-order valence-electron chi connectivity index (χ3n) is 3.15. The molecule has 5 heteroatoms. The number of pyridine rings is 1. The van der Waals surface area contributed by atoms with Gasteiger partial charge in [0.15, 0.2) is 5.82 Å². The first kappa shape index (κ1) is 13.7. The molecule has 0 radical (unpaired) electrons. The van der Waals surface area contributed by atoms with Crippen LogP contribution < -0.4 is 5.32 Å². The van der Waals surface area contributed by atoms with Crippen molar-refractivity contribution in [3.63, 3.8) is 0 Å². The van der Waals surface area contributed by atoms with Gasteiger partial charge in [-0.3, -0.25) is 0 Å². The van der Waals surface area contributed by atoms with Gasteiger partial charge in [-0.25, -0.2) is 9.67 Å². The SMILES string of the molecule is CSc1ccc(CNc2cccnc2-n2cccn2)cc1. The minimum Gasteiger partial charge on any atom is -0.378 e. The summed E-state index contributed by atoms with van der Waals surface area (Å²) in [5.74, 6) is 0.809. The molecule has 0 amide bonds. The van der Waals surface area contributed by atoms with Crippen LogP contribution in [0, 0.1) is 0 Å². The third-order valence-corrected chi connectivity index (χ3v) is 3.89.